The summed E-state index contributed by atoms with van der Waals surface area (Å²) in [5, 5.41) is 0. The van der Waals surface area contributed by atoms with Gasteiger partial charge in [-0.3, -0.25) is 0 Å². The molecule has 0 aliphatic rings. The van der Waals surface area contributed by atoms with Crippen LogP contribution in [-0.4, -0.2) is 0 Å². The van der Waals surface area contributed by atoms with Gasteiger partial charge in [-0.2, -0.15) is 0 Å². The minimum absolute atomic E-state index is 0.993. The average Bonchev–Trinajstić information content (AvgIpc) is 2.31. The normalized spacial score (nSPS) is 12.1. The fourth-order valence-electron chi connectivity index (χ4n) is 1.45. The lowest BCUT2D eigenvalue weighted by Gasteiger charge is -1.95. The number of unbranched alkanes of at least 4 members (excludes halogenated alkanes) is 5. The first-order chi connectivity index (χ1) is 7.91. The molecule has 0 bridgehead atoms. The lowest BCUT2D eigenvalue weighted by molar-refractivity contribution is 0.637. The van der Waals surface area contributed by atoms with Crippen LogP contribution in [0.1, 0.15) is 51.9 Å². The molecule has 0 aromatic rings. The van der Waals surface area contributed by atoms with Crippen LogP contribution in [0, 0.1) is 0 Å². The van der Waals surface area contributed by atoms with Crippen LogP contribution in [0.4, 0.5) is 0 Å². The highest BCUT2D eigenvalue weighted by atomic mass is 13.9. The third-order valence-corrected chi connectivity index (χ3v) is 2.40. The van der Waals surface area contributed by atoms with E-state index in [-0.39, 0.29) is 0 Å². The van der Waals surface area contributed by atoms with Gasteiger partial charge >= 0.3 is 0 Å². The zero-order valence-electron chi connectivity index (χ0n) is 10.7. The van der Waals surface area contributed by atoms with Crippen LogP contribution in [0.5, 0.6) is 0 Å². The summed E-state index contributed by atoms with van der Waals surface area (Å²) >= 11 is 0. The molecule has 0 aromatic heterocycles. The summed E-state index contributed by atoms with van der Waals surface area (Å²) in [6.07, 6.45) is 23.6. The molecule has 0 amide bonds. The molecule has 0 atom stereocenters. The zero-order chi connectivity index (χ0) is 11.9. The molecule has 0 N–H and O–H groups in total. The van der Waals surface area contributed by atoms with Gasteiger partial charge in [0, 0.05) is 0 Å². The molecule has 0 nitrogen and oxygen atoms in total. The van der Waals surface area contributed by atoms with E-state index in [1.807, 2.05) is 6.08 Å². The van der Waals surface area contributed by atoms with Gasteiger partial charge in [0.05, 0.1) is 0 Å². The Kier molecular flexibility index (Phi) is 13.1. The number of allylic oxidation sites excluding steroid dienone is 7. The van der Waals surface area contributed by atoms with Gasteiger partial charge < -0.3 is 0 Å². The number of rotatable bonds is 10. The molecule has 0 radical (unpaired) electrons. The predicted molar refractivity (Wildman–Crippen MR) is 75.6 cm³/mol. The van der Waals surface area contributed by atoms with E-state index in [0.717, 1.165) is 6.42 Å². The molecule has 0 fully saturated rings. The second kappa shape index (κ2) is 14.0. The molecule has 0 aliphatic heterocycles. The summed E-state index contributed by atoms with van der Waals surface area (Å²) < 4.78 is 0. The Bertz CT molecular complexity index is 218. The third kappa shape index (κ3) is 13.0. The van der Waals surface area contributed by atoms with Gasteiger partial charge in [0.1, 0.15) is 0 Å². The van der Waals surface area contributed by atoms with Gasteiger partial charge in [0.25, 0.3) is 0 Å². The predicted octanol–water partition coefficient (Wildman–Crippen LogP) is 5.59. The minimum atomic E-state index is 0.993. The highest BCUT2D eigenvalue weighted by Gasteiger charge is 1.85. The van der Waals surface area contributed by atoms with Crippen molar-refractivity contribution in [3.05, 3.63) is 49.1 Å². The van der Waals surface area contributed by atoms with Crippen molar-refractivity contribution in [2.45, 2.75) is 51.9 Å². The largest absolute Gasteiger partial charge is 0.0991 e. The second-order valence-electron chi connectivity index (χ2n) is 3.96. The molecule has 0 unspecified atom stereocenters. The molecule has 0 rings (SSSR count). The monoisotopic (exact) mass is 218 g/mol. The van der Waals surface area contributed by atoms with Crippen molar-refractivity contribution in [1.82, 2.24) is 0 Å². The first-order valence-corrected chi connectivity index (χ1v) is 6.51. The average molecular weight is 218 g/mol. The first kappa shape index (κ1) is 15.0. The molecule has 0 heterocycles. The fraction of sp³-hybridized carbons (Fsp3) is 0.500. The van der Waals surface area contributed by atoms with Crippen molar-refractivity contribution < 1.29 is 0 Å². The summed E-state index contributed by atoms with van der Waals surface area (Å²) in [7, 11) is 0. The van der Waals surface area contributed by atoms with Gasteiger partial charge in [-0.1, -0.05) is 81.7 Å². The van der Waals surface area contributed by atoms with E-state index in [2.05, 4.69) is 43.9 Å². The fourth-order valence-corrected chi connectivity index (χ4v) is 1.45. The number of hydrogen-bond donors (Lipinski definition) is 0. The maximum Gasteiger partial charge on any atom is -0.0163 e. The summed E-state index contributed by atoms with van der Waals surface area (Å²) in [5.41, 5.74) is 0. The zero-order valence-corrected chi connectivity index (χ0v) is 10.7. The summed E-state index contributed by atoms with van der Waals surface area (Å²) in [6.45, 7) is 5.88. The van der Waals surface area contributed by atoms with Crippen molar-refractivity contribution >= 4 is 0 Å². The highest BCUT2D eigenvalue weighted by molar-refractivity contribution is 5.06. The SMILES string of the molecule is C=C/C=C/C/C=C/C=C/CCCCCCC. The van der Waals surface area contributed by atoms with Gasteiger partial charge in [-0.15, -0.1) is 0 Å². The van der Waals surface area contributed by atoms with Gasteiger partial charge in [0.2, 0.25) is 0 Å². The van der Waals surface area contributed by atoms with E-state index in [1.165, 1.54) is 38.5 Å². The van der Waals surface area contributed by atoms with Crippen LogP contribution in [-0.2, 0) is 0 Å². The first-order valence-electron chi connectivity index (χ1n) is 6.51. The van der Waals surface area contributed by atoms with E-state index in [4.69, 9.17) is 0 Å². The Hall–Kier alpha value is -1.04. The Morgan fingerprint density at radius 2 is 1.50 bits per heavy atom. The van der Waals surface area contributed by atoms with Crippen LogP contribution in [0.25, 0.3) is 0 Å². The van der Waals surface area contributed by atoms with Crippen LogP contribution >= 0.6 is 0 Å². The van der Waals surface area contributed by atoms with E-state index in [9.17, 15) is 0 Å². The molecule has 0 aliphatic carbocycles. The van der Waals surface area contributed by atoms with Gasteiger partial charge in [-0.05, 0) is 19.3 Å². The minimum Gasteiger partial charge on any atom is -0.0991 e. The lowest BCUT2D eigenvalue weighted by Crippen LogP contribution is -1.75. The molecule has 0 saturated heterocycles. The molecule has 90 valence electrons. The summed E-state index contributed by atoms with van der Waals surface area (Å²) in [6, 6.07) is 0. The standard InChI is InChI=1S/C16H26/c1-3-5-7-9-11-13-15-16-14-12-10-8-6-4-2/h3,5,7,11,13,15-16H,1,4,6,8-10,12,14H2,2H3/b7-5+,13-11+,16-15+. The van der Waals surface area contributed by atoms with Crippen molar-refractivity contribution in [2.24, 2.45) is 0 Å². The smallest absolute Gasteiger partial charge is 0.0163 e. The molecule has 0 spiro atoms. The molecular formula is C16H26. The molecular weight excluding hydrogens is 192 g/mol. The number of hydrogen-bond acceptors (Lipinski definition) is 0. The van der Waals surface area contributed by atoms with Crippen molar-refractivity contribution in [3.63, 3.8) is 0 Å². The molecule has 16 heavy (non-hydrogen) atoms. The molecule has 0 saturated carbocycles. The van der Waals surface area contributed by atoms with Crippen LogP contribution in [0.3, 0.4) is 0 Å². The van der Waals surface area contributed by atoms with Crippen molar-refractivity contribution in [1.29, 1.82) is 0 Å². The quantitative estimate of drug-likeness (QED) is 0.331. The van der Waals surface area contributed by atoms with Crippen LogP contribution in [0.2, 0.25) is 0 Å². The van der Waals surface area contributed by atoms with Crippen LogP contribution < -0.4 is 0 Å². The van der Waals surface area contributed by atoms with E-state index < -0.39 is 0 Å². The van der Waals surface area contributed by atoms with E-state index in [0.29, 0.717) is 0 Å². The lowest BCUT2D eigenvalue weighted by atomic mass is 10.1. The Labute approximate surface area is 101 Å². The summed E-state index contributed by atoms with van der Waals surface area (Å²) in [4.78, 5) is 0. The van der Waals surface area contributed by atoms with Crippen LogP contribution in [0.15, 0.2) is 49.1 Å². The third-order valence-electron chi connectivity index (χ3n) is 2.40. The van der Waals surface area contributed by atoms with Gasteiger partial charge in [-0.25, -0.2) is 0 Å². The molecule has 0 heteroatoms. The topological polar surface area (TPSA) is 0 Å². The summed E-state index contributed by atoms with van der Waals surface area (Å²) in [5.74, 6) is 0. The Balaban J connectivity index is 3.26. The van der Waals surface area contributed by atoms with Crippen molar-refractivity contribution in [3.8, 4) is 0 Å². The maximum absolute atomic E-state index is 3.62. The van der Waals surface area contributed by atoms with Gasteiger partial charge in [0.15, 0.2) is 0 Å². The molecule has 0 aromatic carbocycles. The van der Waals surface area contributed by atoms with Crippen molar-refractivity contribution in [2.75, 3.05) is 0 Å². The van der Waals surface area contributed by atoms with E-state index >= 15 is 0 Å². The highest BCUT2D eigenvalue weighted by Crippen LogP contribution is 2.05. The van der Waals surface area contributed by atoms with E-state index in [1.54, 1.807) is 6.08 Å². The Morgan fingerprint density at radius 1 is 0.812 bits per heavy atom. The second-order valence-corrected chi connectivity index (χ2v) is 3.96. The Morgan fingerprint density at radius 3 is 2.25 bits per heavy atom. The maximum atomic E-state index is 3.62.